The van der Waals surface area contributed by atoms with Crippen LogP contribution in [0.5, 0.6) is 23.0 Å². The Morgan fingerprint density at radius 3 is 1.18 bits per heavy atom. The third-order valence-electron chi connectivity index (χ3n) is 6.90. The second-order valence-corrected chi connectivity index (χ2v) is 9.01. The Kier molecular flexibility index (Phi) is 7.95. The number of ketones is 1. The predicted octanol–water partition coefficient (Wildman–Crippen LogP) is 4.14. The first kappa shape index (κ1) is 24.4. The molecule has 184 valence electrons. The molecule has 7 heteroatoms. The molecule has 0 aromatic heterocycles. The van der Waals surface area contributed by atoms with Crippen LogP contribution in [-0.2, 0) is 13.1 Å². The smallest absolute Gasteiger partial charge is 0.193 e. The van der Waals surface area contributed by atoms with Crippen molar-refractivity contribution in [2.75, 3.05) is 54.6 Å². The zero-order chi connectivity index (χ0) is 24.1. The maximum Gasteiger partial charge on any atom is 0.193 e. The maximum atomic E-state index is 13.6. The molecule has 0 spiro atoms. The number of likely N-dealkylation sites (tertiary alicyclic amines) is 2. The first-order valence-corrected chi connectivity index (χ1v) is 12.1. The number of benzene rings is 2. The number of nitrogens with zero attached hydrogens (tertiary/aromatic N) is 2. The van der Waals surface area contributed by atoms with E-state index in [4.69, 9.17) is 18.9 Å². The van der Waals surface area contributed by atoms with E-state index in [2.05, 4.69) is 9.80 Å². The number of methoxy groups -OCH3 is 4. The summed E-state index contributed by atoms with van der Waals surface area (Å²) in [4.78, 5) is 18.4. The largest absolute Gasteiger partial charge is 0.496 e. The van der Waals surface area contributed by atoms with Crippen molar-refractivity contribution in [1.29, 1.82) is 0 Å². The molecule has 0 radical (unpaired) electrons. The molecule has 2 heterocycles. The van der Waals surface area contributed by atoms with E-state index >= 15 is 0 Å². The van der Waals surface area contributed by atoms with Crippen molar-refractivity contribution in [1.82, 2.24) is 9.80 Å². The highest BCUT2D eigenvalue weighted by molar-refractivity contribution is 6.10. The molecular formula is C27H36N2O5. The first-order valence-electron chi connectivity index (χ1n) is 12.1. The minimum Gasteiger partial charge on any atom is -0.496 e. The molecule has 0 bridgehead atoms. The molecule has 2 aromatic carbocycles. The molecule has 0 aliphatic carbocycles. The van der Waals surface area contributed by atoms with Gasteiger partial charge in [-0.15, -0.1) is 0 Å². The third kappa shape index (κ3) is 5.15. The van der Waals surface area contributed by atoms with Crippen molar-refractivity contribution in [3.63, 3.8) is 0 Å². The number of ether oxygens (including phenoxy) is 4. The fourth-order valence-electron chi connectivity index (χ4n) is 5.04. The van der Waals surface area contributed by atoms with Crippen LogP contribution in [0.15, 0.2) is 24.3 Å². The summed E-state index contributed by atoms with van der Waals surface area (Å²) in [6.45, 7) is 5.75. The van der Waals surface area contributed by atoms with Crippen molar-refractivity contribution in [2.24, 2.45) is 0 Å². The van der Waals surface area contributed by atoms with Gasteiger partial charge in [0.15, 0.2) is 5.78 Å². The van der Waals surface area contributed by atoms with E-state index in [0.717, 1.165) is 50.4 Å². The lowest BCUT2D eigenvalue weighted by Gasteiger charge is -2.21. The highest BCUT2D eigenvalue weighted by Gasteiger charge is 2.24. The van der Waals surface area contributed by atoms with Crippen LogP contribution < -0.4 is 18.9 Å². The fourth-order valence-corrected chi connectivity index (χ4v) is 5.04. The second kappa shape index (κ2) is 11.1. The lowest BCUT2D eigenvalue weighted by atomic mass is 9.98. The fraction of sp³-hybridized carbons (Fsp3) is 0.519. The van der Waals surface area contributed by atoms with Crippen LogP contribution in [0.2, 0.25) is 0 Å². The molecule has 2 aromatic rings. The van der Waals surface area contributed by atoms with Gasteiger partial charge < -0.3 is 18.9 Å². The van der Waals surface area contributed by atoms with Crippen LogP contribution in [0.3, 0.4) is 0 Å². The van der Waals surface area contributed by atoms with E-state index in [1.807, 2.05) is 24.3 Å². The van der Waals surface area contributed by atoms with Gasteiger partial charge in [-0.3, -0.25) is 14.6 Å². The number of carbonyl (C=O) groups is 1. The molecule has 0 unspecified atom stereocenters. The van der Waals surface area contributed by atoms with Gasteiger partial charge in [0.2, 0.25) is 0 Å². The summed E-state index contributed by atoms with van der Waals surface area (Å²) < 4.78 is 22.8. The van der Waals surface area contributed by atoms with E-state index in [1.54, 1.807) is 28.4 Å². The van der Waals surface area contributed by atoms with Crippen molar-refractivity contribution in [3.8, 4) is 23.0 Å². The summed E-state index contributed by atoms with van der Waals surface area (Å²) in [7, 11) is 6.54. The molecule has 34 heavy (non-hydrogen) atoms. The van der Waals surface area contributed by atoms with E-state index in [1.165, 1.54) is 25.7 Å². The van der Waals surface area contributed by atoms with Gasteiger partial charge in [-0.1, -0.05) is 0 Å². The zero-order valence-electron chi connectivity index (χ0n) is 20.8. The highest BCUT2D eigenvalue weighted by atomic mass is 16.5. The van der Waals surface area contributed by atoms with Crippen molar-refractivity contribution >= 4 is 5.78 Å². The molecule has 0 atom stereocenters. The normalized spacial score (nSPS) is 16.6. The Labute approximate surface area is 202 Å². The summed E-state index contributed by atoms with van der Waals surface area (Å²) in [6.07, 6.45) is 4.83. The van der Waals surface area contributed by atoms with Crippen LogP contribution in [-0.4, -0.2) is 70.2 Å². The summed E-state index contributed by atoms with van der Waals surface area (Å²) in [5, 5.41) is 0. The highest BCUT2D eigenvalue weighted by Crippen LogP contribution is 2.36. The Morgan fingerprint density at radius 1 is 0.618 bits per heavy atom. The standard InChI is InChI=1S/C27H36N2O5/c1-31-23-13-19(14-24(32-2)21(23)17-28-9-5-6-10-28)27(30)20-15-25(33-3)22(26(16-20)34-4)18-29-11-7-8-12-29/h13-16H,5-12,17-18H2,1-4H3. The Balaban J connectivity index is 1.67. The lowest BCUT2D eigenvalue weighted by Crippen LogP contribution is -2.20. The van der Waals surface area contributed by atoms with Gasteiger partial charge in [0, 0.05) is 24.2 Å². The predicted molar refractivity (Wildman–Crippen MR) is 132 cm³/mol. The van der Waals surface area contributed by atoms with Gasteiger partial charge in [-0.2, -0.15) is 0 Å². The van der Waals surface area contributed by atoms with Crippen LogP contribution in [0.25, 0.3) is 0 Å². The zero-order valence-corrected chi connectivity index (χ0v) is 20.8. The van der Waals surface area contributed by atoms with Gasteiger partial charge in [0.1, 0.15) is 23.0 Å². The number of hydrogen-bond acceptors (Lipinski definition) is 7. The van der Waals surface area contributed by atoms with Crippen molar-refractivity contribution in [2.45, 2.75) is 38.8 Å². The summed E-state index contributed by atoms with van der Waals surface area (Å²) in [6, 6.07) is 7.25. The third-order valence-corrected chi connectivity index (χ3v) is 6.90. The second-order valence-electron chi connectivity index (χ2n) is 9.01. The Morgan fingerprint density at radius 2 is 0.912 bits per heavy atom. The van der Waals surface area contributed by atoms with Crippen LogP contribution >= 0.6 is 0 Å². The van der Waals surface area contributed by atoms with E-state index < -0.39 is 0 Å². The molecular weight excluding hydrogens is 432 g/mol. The van der Waals surface area contributed by atoms with Gasteiger partial charge in [0.05, 0.1) is 39.6 Å². The minimum atomic E-state index is -0.131. The summed E-state index contributed by atoms with van der Waals surface area (Å²) in [5.74, 6) is 2.53. The van der Waals surface area contributed by atoms with Crippen LogP contribution in [0.1, 0.15) is 52.7 Å². The van der Waals surface area contributed by atoms with E-state index in [0.29, 0.717) is 34.1 Å². The number of rotatable bonds is 10. The van der Waals surface area contributed by atoms with Crippen LogP contribution in [0, 0.1) is 0 Å². The van der Waals surface area contributed by atoms with Gasteiger partial charge in [-0.05, 0) is 76.1 Å². The van der Waals surface area contributed by atoms with E-state index in [9.17, 15) is 4.79 Å². The molecule has 0 saturated carbocycles. The number of hydrogen-bond donors (Lipinski definition) is 0. The molecule has 2 saturated heterocycles. The SMILES string of the molecule is COc1cc(C(=O)c2cc(OC)c(CN3CCCC3)c(OC)c2)cc(OC)c1CN1CCCC1. The molecule has 2 fully saturated rings. The molecule has 2 aliphatic rings. The summed E-state index contributed by atoms with van der Waals surface area (Å²) in [5.41, 5.74) is 2.96. The molecule has 4 rings (SSSR count). The molecule has 2 aliphatic heterocycles. The number of carbonyl (C=O) groups excluding carboxylic acids is 1. The van der Waals surface area contributed by atoms with Gasteiger partial charge in [-0.25, -0.2) is 0 Å². The summed E-state index contributed by atoms with van der Waals surface area (Å²) >= 11 is 0. The Hall–Kier alpha value is -2.77. The molecule has 7 nitrogen and oxygen atoms in total. The first-order chi connectivity index (χ1) is 16.6. The van der Waals surface area contributed by atoms with E-state index in [-0.39, 0.29) is 5.78 Å². The van der Waals surface area contributed by atoms with Gasteiger partial charge >= 0.3 is 0 Å². The van der Waals surface area contributed by atoms with Gasteiger partial charge in [0.25, 0.3) is 0 Å². The maximum absolute atomic E-state index is 13.6. The topological polar surface area (TPSA) is 60.5 Å². The monoisotopic (exact) mass is 468 g/mol. The average molecular weight is 469 g/mol. The quantitative estimate of drug-likeness (QED) is 0.486. The molecule has 0 amide bonds. The van der Waals surface area contributed by atoms with Crippen molar-refractivity contribution in [3.05, 3.63) is 46.5 Å². The average Bonchev–Trinajstić information content (AvgIpc) is 3.58. The van der Waals surface area contributed by atoms with Crippen molar-refractivity contribution < 1.29 is 23.7 Å². The minimum absolute atomic E-state index is 0.131. The Bertz CT molecular complexity index is 881. The molecule has 0 N–H and O–H groups in total. The van der Waals surface area contributed by atoms with Crippen LogP contribution in [0.4, 0.5) is 0 Å². The lowest BCUT2D eigenvalue weighted by molar-refractivity contribution is 0.103.